The first-order valence-electron chi connectivity index (χ1n) is 14.6. The maximum atomic E-state index is 12.3. The highest BCUT2D eigenvalue weighted by atomic mass is 16.5. The van der Waals surface area contributed by atoms with Gasteiger partial charge < -0.3 is 14.9 Å². The average Bonchev–Trinajstić information content (AvgIpc) is 3.21. The van der Waals surface area contributed by atoms with Crippen molar-refractivity contribution in [3.63, 3.8) is 0 Å². The summed E-state index contributed by atoms with van der Waals surface area (Å²) in [6, 6.07) is 10.1. The smallest absolute Gasteiger partial charge is 0.303 e. The SMILES string of the molecule is CC(=O)O[C@@H]1C[C@@H]2C[C@](O)(c3ccccc3)CC[C@]2(C)[C@H]2CC[C@]3(C)[C@@H]([C@H](C)CCC(=O)O)CC[C@H]3[C@H]12. The highest BCUT2D eigenvalue weighted by Gasteiger charge is 2.64. The number of benzene rings is 1. The summed E-state index contributed by atoms with van der Waals surface area (Å²) in [4.78, 5) is 23.6. The summed E-state index contributed by atoms with van der Waals surface area (Å²) in [5.74, 6) is 1.66. The minimum Gasteiger partial charge on any atom is -0.481 e. The number of aliphatic hydroxyl groups is 1. The van der Waals surface area contributed by atoms with E-state index >= 15 is 0 Å². The van der Waals surface area contributed by atoms with E-state index in [2.05, 4.69) is 20.8 Å². The standard InChI is InChI=1S/C32H46O5/c1-20(10-13-28(34)35)24-11-12-25-29-26(14-15-31(24,25)4)30(3)16-17-32(36,22-8-6-5-7-9-22)19-23(30)18-27(29)37-21(2)33/h5-9,20,23-27,29,36H,10-19H2,1-4H3,(H,34,35)/t20-,23-,24-,25+,26+,27-,29+,30+,31-,32+/m1/s1. The Hall–Kier alpha value is -1.88. The topological polar surface area (TPSA) is 83.8 Å². The summed E-state index contributed by atoms with van der Waals surface area (Å²) in [6.45, 7) is 8.71. The second-order valence-electron chi connectivity index (χ2n) is 13.6. The Balaban J connectivity index is 1.43. The molecule has 0 bridgehead atoms. The number of rotatable bonds is 6. The Morgan fingerprint density at radius 2 is 1.73 bits per heavy atom. The number of hydrogen-bond donors (Lipinski definition) is 2. The lowest BCUT2D eigenvalue weighted by Gasteiger charge is -2.63. The minimum atomic E-state index is -0.819. The lowest BCUT2D eigenvalue weighted by molar-refractivity contribution is -0.204. The molecule has 0 unspecified atom stereocenters. The zero-order valence-electron chi connectivity index (χ0n) is 23.1. The molecule has 0 aromatic heterocycles. The van der Waals surface area contributed by atoms with Crippen LogP contribution in [0.4, 0.5) is 0 Å². The molecule has 0 heterocycles. The van der Waals surface area contributed by atoms with Crippen LogP contribution in [0.3, 0.4) is 0 Å². The van der Waals surface area contributed by atoms with Gasteiger partial charge in [-0.05, 0) is 104 Å². The van der Waals surface area contributed by atoms with E-state index in [4.69, 9.17) is 4.74 Å². The third-order valence-corrected chi connectivity index (χ3v) is 11.9. The summed E-state index contributed by atoms with van der Waals surface area (Å²) in [5, 5.41) is 21.0. The second-order valence-corrected chi connectivity index (χ2v) is 13.6. The summed E-state index contributed by atoms with van der Waals surface area (Å²) in [5.41, 5.74) is 0.491. The number of carboxylic acids is 1. The van der Waals surface area contributed by atoms with Crippen LogP contribution in [0.25, 0.3) is 0 Å². The molecule has 5 rings (SSSR count). The highest BCUT2D eigenvalue weighted by Crippen LogP contribution is 2.69. The van der Waals surface area contributed by atoms with Crippen molar-refractivity contribution in [2.24, 2.45) is 46.3 Å². The Bertz CT molecular complexity index is 1010. The third kappa shape index (κ3) is 4.53. The van der Waals surface area contributed by atoms with Crippen LogP contribution in [0.2, 0.25) is 0 Å². The van der Waals surface area contributed by atoms with Crippen LogP contribution in [-0.4, -0.2) is 28.3 Å². The predicted molar refractivity (Wildman–Crippen MR) is 143 cm³/mol. The maximum Gasteiger partial charge on any atom is 0.303 e. The molecule has 0 aliphatic heterocycles. The van der Waals surface area contributed by atoms with Crippen LogP contribution in [0.5, 0.6) is 0 Å². The van der Waals surface area contributed by atoms with Gasteiger partial charge in [0.05, 0.1) is 5.60 Å². The predicted octanol–water partition coefficient (Wildman–Crippen LogP) is 6.58. The first-order chi connectivity index (χ1) is 17.5. The molecule has 1 aromatic rings. The molecule has 4 saturated carbocycles. The highest BCUT2D eigenvalue weighted by molar-refractivity contribution is 5.66. The summed E-state index contributed by atoms with van der Waals surface area (Å²) in [6.07, 6.45) is 8.80. The van der Waals surface area contributed by atoms with E-state index in [1.54, 1.807) is 0 Å². The Kier molecular flexibility index (Phi) is 7.00. The molecule has 4 fully saturated rings. The lowest BCUT2D eigenvalue weighted by atomic mass is 9.42. The number of hydrogen-bond acceptors (Lipinski definition) is 4. The van der Waals surface area contributed by atoms with Crippen molar-refractivity contribution in [2.45, 2.75) is 104 Å². The van der Waals surface area contributed by atoms with Gasteiger partial charge in [0.25, 0.3) is 0 Å². The molecule has 1 aromatic carbocycles. The van der Waals surface area contributed by atoms with Crippen molar-refractivity contribution < 1.29 is 24.5 Å². The van der Waals surface area contributed by atoms with Gasteiger partial charge in [0.2, 0.25) is 0 Å². The van der Waals surface area contributed by atoms with E-state index in [0.29, 0.717) is 35.5 Å². The molecule has 4 aliphatic rings. The Morgan fingerprint density at radius 3 is 2.41 bits per heavy atom. The number of carbonyl (C=O) groups is 2. The Labute approximate surface area is 222 Å². The van der Waals surface area contributed by atoms with Gasteiger partial charge in [0.1, 0.15) is 6.10 Å². The van der Waals surface area contributed by atoms with Crippen LogP contribution >= 0.6 is 0 Å². The Morgan fingerprint density at radius 1 is 1.03 bits per heavy atom. The summed E-state index contributed by atoms with van der Waals surface area (Å²) in [7, 11) is 0. The van der Waals surface area contributed by atoms with Crippen LogP contribution in [-0.2, 0) is 19.9 Å². The fraction of sp³-hybridized carbons (Fsp3) is 0.750. The zero-order chi connectivity index (χ0) is 26.6. The van der Waals surface area contributed by atoms with E-state index in [-0.39, 0.29) is 29.3 Å². The zero-order valence-corrected chi connectivity index (χ0v) is 23.1. The minimum absolute atomic E-state index is 0.101. The van der Waals surface area contributed by atoms with Gasteiger partial charge in [0, 0.05) is 19.3 Å². The first kappa shape index (κ1) is 26.7. The number of aliphatic carboxylic acids is 1. The molecule has 0 saturated heterocycles. The van der Waals surface area contributed by atoms with Gasteiger partial charge in [0.15, 0.2) is 0 Å². The van der Waals surface area contributed by atoms with Crippen molar-refractivity contribution in [2.75, 3.05) is 0 Å². The second kappa shape index (κ2) is 9.70. The fourth-order valence-electron chi connectivity index (χ4n) is 10.1. The molecule has 10 atom stereocenters. The fourth-order valence-corrected chi connectivity index (χ4v) is 10.1. The number of ether oxygens (including phenoxy) is 1. The molecule has 5 heteroatoms. The molecule has 4 aliphatic carbocycles. The molecular weight excluding hydrogens is 464 g/mol. The number of esters is 1. The molecule has 0 radical (unpaired) electrons. The third-order valence-electron chi connectivity index (χ3n) is 11.9. The first-order valence-corrected chi connectivity index (χ1v) is 14.6. The molecule has 5 nitrogen and oxygen atoms in total. The van der Waals surface area contributed by atoms with Crippen LogP contribution in [0.15, 0.2) is 30.3 Å². The summed E-state index contributed by atoms with van der Waals surface area (Å²) < 4.78 is 6.16. The van der Waals surface area contributed by atoms with Crippen LogP contribution < -0.4 is 0 Å². The largest absolute Gasteiger partial charge is 0.481 e. The van der Waals surface area contributed by atoms with Gasteiger partial charge in [-0.3, -0.25) is 9.59 Å². The normalized spacial score (nSPS) is 43.7. The maximum absolute atomic E-state index is 12.3. The number of carboxylic acid groups (broad SMARTS) is 1. The molecule has 37 heavy (non-hydrogen) atoms. The monoisotopic (exact) mass is 510 g/mol. The molecule has 0 amide bonds. The van der Waals surface area contributed by atoms with Crippen molar-refractivity contribution in [3.8, 4) is 0 Å². The van der Waals surface area contributed by atoms with Gasteiger partial charge in [-0.25, -0.2) is 0 Å². The van der Waals surface area contributed by atoms with Gasteiger partial charge >= 0.3 is 11.9 Å². The van der Waals surface area contributed by atoms with Gasteiger partial charge in [-0.1, -0.05) is 51.1 Å². The van der Waals surface area contributed by atoms with Crippen LogP contribution in [0.1, 0.15) is 97.5 Å². The van der Waals surface area contributed by atoms with Crippen molar-refractivity contribution in [1.82, 2.24) is 0 Å². The molecule has 204 valence electrons. The summed E-state index contributed by atoms with van der Waals surface area (Å²) >= 11 is 0. The van der Waals surface area contributed by atoms with E-state index < -0.39 is 11.6 Å². The van der Waals surface area contributed by atoms with Crippen LogP contribution in [0, 0.1) is 46.3 Å². The molecule has 0 spiro atoms. The van der Waals surface area contributed by atoms with E-state index in [0.717, 1.165) is 56.9 Å². The van der Waals surface area contributed by atoms with Crippen molar-refractivity contribution >= 4 is 11.9 Å². The molecular formula is C32H46O5. The van der Waals surface area contributed by atoms with E-state index in [9.17, 15) is 19.8 Å². The number of carbonyl (C=O) groups excluding carboxylic acids is 1. The lowest BCUT2D eigenvalue weighted by Crippen LogP contribution is -2.60. The van der Waals surface area contributed by atoms with Gasteiger partial charge in [-0.2, -0.15) is 0 Å². The van der Waals surface area contributed by atoms with E-state index in [1.165, 1.54) is 13.3 Å². The van der Waals surface area contributed by atoms with E-state index in [1.807, 2.05) is 30.3 Å². The van der Waals surface area contributed by atoms with Crippen molar-refractivity contribution in [1.29, 1.82) is 0 Å². The van der Waals surface area contributed by atoms with Gasteiger partial charge in [-0.15, -0.1) is 0 Å². The quantitative estimate of drug-likeness (QED) is 0.423. The molecule has 2 N–H and O–H groups in total. The van der Waals surface area contributed by atoms with Crippen molar-refractivity contribution in [3.05, 3.63) is 35.9 Å². The number of fused-ring (bicyclic) bond motifs is 5. The average molecular weight is 511 g/mol.